The highest BCUT2D eigenvalue weighted by Gasteiger charge is 2.14. The van der Waals surface area contributed by atoms with Crippen LogP contribution in [0.1, 0.15) is 28.5 Å². The molecule has 0 fully saturated rings. The summed E-state index contributed by atoms with van der Waals surface area (Å²) in [5.74, 6) is -0.0965. The normalized spacial score (nSPS) is 12.1. The molecule has 2 N–H and O–H groups in total. The van der Waals surface area contributed by atoms with Gasteiger partial charge in [0.1, 0.15) is 0 Å². The molecule has 1 unspecified atom stereocenters. The minimum absolute atomic E-state index is 0.0496. The predicted octanol–water partition coefficient (Wildman–Crippen LogP) is 1.60. The van der Waals surface area contributed by atoms with E-state index in [1.165, 1.54) is 0 Å². The molecule has 5 nitrogen and oxygen atoms in total. The van der Waals surface area contributed by atoms with Crippen molar-refractivity contribution >= 4 is 5.91 Å². The largest absolute Gasteiger partial charge is 0.396 e. The molecule has 0 aliphatic heterocycles. The van der Waals surface area contributed by atoms with E-state index in [4.69, 9.17) is 5.11 Å². The van der Waals surface area contributed by atoms with Gasteiger partial charge in [0.15, 0.2) is 0 Å². The maximum atomic E-state index is 12.1. The zero-order valence-corrected chi connectivity index (χ0v) is 12.4. The molecule has 0 spiro atoms. The average molecular weight is 287 g/mol. The van der Waals surface area contributed by atoms with Gasteiger partial charge in [0.2, 0.25) is 0 Å². The highest BCUT2D eigenvalue weighted by Crippen LogP contribution is 2.10. The van der Waals surface area contributed by atoms with Crippen molar-refractivity contribution in [3.8, 4) is 0 Å². The van der Waals surface area contributed by atoms with Gasteiger partial charge in [-0.25, -0.2) is 0 Å². The Kier molecular flexibility index (Phi) is 5.11. The number of aromatic nitrogens is 2. The molecule has 2 aromatic rings. The van der Waals surface area contributed by atoms with Crippen molar-refractivity contribution in [3.05, 3.63) is 53.3 Å². The summed E-state index contributed by atoms with van der Waals surface area (Å²) < 4.78 is 1.82. The minimum atomic E-state index is -0.146. The Bertz CT molecular complexity index is 593. The highest BCUT2D eigenvalue weighted by atomic mass is 16.3. The molecule has 0 saturated heterocycles. The van der Waals surface area contributed by atoms with Gasteiger partial charge in [-0.15, -0.1) is 0 Å². The molecular formula is C16H21N3O2. The Morgan fingerprint density at radius 3 is 2.76 bits per heavy atom. The summed E-state index contributed by atoms with van der Waals surface area (Å²) in [6.07, 6.45) is 1.59. The van der Waals surface area contributed by atoms with Gasteiger partial charge >= 0.3 is 0 Å². The fraction of sp³-hybridized carbons (Fsp3) is 0.375. The predicted molar refractivity (Wildman–Crippen MR) is 81.1 cm³/mol. The van der Waals surface area contributed by atoms with E-state index in [0.717, 1.165) is 11.3 Å². The number of nitrogens with zero attached hydrogens (tertiary/aromatic N) is 2. The first kappa shape index (κ1) is 15.3. The smallest absolute Gasteiger partial charge is 0.254 e. The standard InChI is InChI=1S/C16H21N3O2/c1-12(11-20)8-17-16(21)15-9-18-19(13(15)2)10-14-6-4-3-5-7-14/h3-7,9,12,20H,8,10-11H2,1-2H3,(H,17,21). The van der Waals surface area contributed by atoms with Gasteiger partial charge in [0.25, 0.3) is 5.91 Å². The molecule has 1 aromatic carbocycles. The van der Waals surface area contributed by atoms with E-state index in [1.54, 1.807) is 6.20 Å². The van der Waals surface area contributed by atoms with Crippen LogP contribution in [0.2, 0.25) is 0 Å². The second kappa shape index (κ2) is 7.04. The van der Waals surface area contributed by atoms with Crippen molar-refractivity contribution in [2.24, 2.45) is 5.92 Å². The number of nitrogens with one attached hydrogen (secondary N) is 1. The number of hydrogen-bond donors (Lipinski definition) is 2. The number of benzene rings is 1. The fourth-order valence-electron chi connectivity index (χ4n) is 2.01. The van der Waals surface area contributed by atoms with Crippen LogP contribution in [0.25, 0.3) is 0 Å². The Labute approximate surface area is 124 Å². The average Bonchev–Trinajstić information content (AvgIpc) is 2.86. The van der Waals surface area contributed by atoms with Crippen molar-refractivity contribution in [3.63, 3.8) is 0 Å². The molecule has 0 aliphatic carbocycles. The van der Waals surface area contributed by atoms with Crippen molar-refractivity contribution < 1.29 is 9.90 Å². The number of aliphatic hydroxyl groups excluding tert-OH is 1. The van der Waals surface area contributed by atoms with E-state index in [0.29, 0.717) is 18.7 Å². The molecule has 1 aromatic heterocycles. The third-order valence-electron chi connectivity index (χ3n) is 3.45. The lowest BCUT2D eigenvalue weighted by molar-refractivity contribution is 0.0941. The van der Waals surface area contributed by atoms with Gasteiger partial charge in [-0.1, -0.05) is 37.3 Å². The number of carbonyl (C=O) groups is 1. The minimum Gasteiger partial charge on any atom is -0.396 e. The molecule has 0 saturated carbocycles. The number of rotatable bonds is 6. The zero-order chi connectivity index (χ0) is 15.2. The molecule has 0 radical (unpaired) electrons. The Balaban J connectivity index is 2.04. The van der Waals surface area contributed by atoms with E-state index < -0.39 is 0 Å². The maximum absolute atomic E-state index is 12.1. The summed E-state index contributed by atoms with van der Waals surface area (Å²) in [7, 11) is 0. The Morgan fingerprint density at radius 2 is 2.10 bits per heavy atom. The van der Waals surface area contributed by atoms with E-state index in [-0.39, 0.29) is 18.4 Å². The van der Waals surface area contributed by atoms with Crippen LogP contribution < -0.4 is 5.32 Å². The molecule has 0 bridgehead atoms. The van der Waals surface area contributed by atoms with Crippen LogP contribution >= 0.6 is 0 Å². The van der Waals surface area contributed by atoms with Crippen molar-refractivity contribution in [1.82, 2.24) is 15.1 Å². The van der Waals surface area contributed by atoms with Crippen molar-refractivity contribution in [2.45, 2.75) is 20.4 Å². The van der Waals surface area contributed by atoms with Crippen LogP contribution in [0.5, 0.6) is 0 Å². The van der Waals surface area contributed by atoms with Gasteiger partial charge < -0.3 is 10.4 Å². The molecule has 2 rings (SSSR count). The lowest BCUT2D eigenvalue weighted by Crippen LogP contribution is -2.29. The third kappa shape index (κ3) is 3.92. The molecule has 0 aliphatic rings. The third-order valence-corrected chi connectivity index (χ3v) is 3.45. The van der Waals surface area contributed by atoms with Crippen LogP contribution in [0.4, 0.5) is 0 Å². The van der Waals surface area contributed by atoms with Crippen LogP contribution in [-0.4, -0.2) is 33.9 Å². The van der Waals surface area contributed by atoms with E-state index >= 15 is 0 Å². The quantitative estimate of drug-likeness (QED) is 0.848. The van der Waals surface area contributed by atoms with E-state index in [2.05, 4.69) is 10.4 Å². The zero-order valence-electron chi connectivity index (χ0n) is 12.4. The van der Waals surface area contributed by atoms with Gasteiger partial charge in [-0.3, -0.25) is 9.48 Å². The molecule has 21 heavy (non-hydrogen) atoms. The Hall–Kier alpha value is -2.14. The van der Waals surface area contributed by atoms with Crippen molar-refractivity contribution in [2.75, 3.05) is 13.2 Å². The first-order valence-corrected chi connectivity index (χ1v) is 7.07. The van der Waals surface area contributed by atoms with Crippen LogP contribution in [0.3, 0.4) is 0 Å². The van der Waals surface area contributed by atoms with Gasteiger partial charge in [-0.2, -0.15) is 5.10 Å². The second-order valence-corrected chi connectivity index (χ2v) is 5.28. The topological polar surface area (TPSA) is 67.2 Å². The van der Waals surface area contributed by atoms with Gasteiger partial charge in [0.05, 0.1) is 18.3 Å². The molecule has 112 valence electrons. The molecule has 5 heteroatoms. The maximum Gasteiger partial charge on any atom is 0.254 e. The monoisotopic (exact) mass is 287 g/mol. The summed E-state index contributed by atoms with van der Waals surface area (Å²) in [6.45, 7) is 4.93. The van der Waals surface area contributed by atoms with Gasteiger partial charge in [0, 0.05) is 18.8 Å². The SMILES string of the molecule is Cc1c(C(=O)NCC(C)CO)cnn1Cc1ccccc1. The van der Waals surface area contributed by atoms with Gasteiger partial charge in [-0.05, 0) is 18.4 Å². The molecule has 1 atom stereocenters. The molecular weight excluding hydrogens is 266 g/mol. The summed E-state index contributed by atoms with van der Waals surface area (Å²) in [5, 5.41) is 16.1. The first-order chi connectivity index (χ1) is 10.1. The molecule has 1 amide bonds. The number of hydrogen-bond acceptors (Lipinski definition) is 3. The lowest BCUT2D eigenvalue weighted by atomic mass is 10.2. The summed E-state index contributed by atoms with van der Waals surface area (Å²) >= 11 is 0. The van der Waals surface area contributed by atoms with Crippen LogP contribution in [0, 0.1) is 12.8 Å². The fourth-order valence-corrected chi connectivity index (χ4v) is 2.01. The number of aliphatic hydroxyl groups is 1. The van der Waals surface area contributed by atoms with E-state index in [1.807, 2.05) is 48.9 Å². The summed E-state index contributed by atoms with van der Waals surface area (Å²) in [5.41, 5.74) is 2.56. The van der Waals surface area contributed by atoms with E-state index in [9.17, 15) is 4.79 Å². The van der Waals surface area contributed by atoms with Crippen LogP contribution in [0.15, 0.2) is 36.5 Å². The molecule has 1 heterocycles. The second-order valence-electron chi connectivity index (χ2n) is 5.28. The summed E-state index contributed by atoms with van der Waals surface area (Å²) in [4.78, 5) is 12.1. The highest BCUT2D eigenvalue weighted by molar-refractivity contribution is 5.95. The Morgan fingerprint density at radius 1 is 1.38 bits per heavy atom. The van der Waals surface area contributed by atoms with Crippen LogP contribution in [-0.2, 0) is 6.54 Å². The van der Waals surface area contributed by atoms with Crippen molar-refractivity contribution in [1.29, 1.82) is 0 Å². The summed E-state index contributed by atoms with van der Waals surface area (Å²) in [6, 6.07) is 10.0. The number of amides is 1. The lowest BCUT2D eigenvalue weighted by Gasteiger charge is -2.09. The first-order valence-electron chi connectivity index (χ1n) is 7.07. The number of carbonyl (C=O) groups excluding carboxylic acids is 1.